The molecule has 0 atom stereocenters. The van der Waals surface area contributed by atoms with E-state index in [2.05, 4.69) is 43.5 Å². The number of carbonyl (C=O) groups excluding carboxylic acids is 1. The van der Waals surface area contributed by atoms with E-state index in [1.807, 2.05) is 46.0 Å². The van der Waals surface area contributed by atoms with Gasteiger partial charge in [-0.15, -0.1) is 0 Å². The molecular weight excluding hydrogens is 402 g/mol. The predicted molar refractivity (Wildman–Crippen MR) is 123 cm³/mol. The fourth-order valence-electron chi connectivity index (χ4n) is 4.02. The monoisotopic (exact) mass is 427 g/mol. The molecule has 162 valence electrons. The van der Waals surface area contributed by atoms with Gasteiger partial charge in [0.1, 0.15) is 11.5 Å². The van der Waals surface area contributed by atoms with E-state index in [-0.39, 0.29) is 5.91 Å². The lowest BCUT2D eigenvalue weighted by atomic mass is 10.1. The molecule has 1 amide bonds. The van der Waals surface area contributed by atoms with Crippen LogP contribution in [0.1, 0.15) is 12.5 Å². The van der Waals surface area contributed by atoms with Crippen LogP contribution < -0.4 is 5.32 Å². The molecule has 5 rings (SSSR count). The Hall–Kier alpha value is -3.78. The SMILES string of the molecule is CC(=O)N1CCN(Cc2ccnc(Nc3cn4cc(-c5ccncc5)ccc4n3)c2)CC1. The van der Waals surface area contributed by atoms with E-state index in [4.69, 9.17) is 0 Å². The summed E-state index contributed by atoms with van der Waals surface area (Å²) in [5.74, 6) is 1.67. The van der Waals surface area contributed by atoms with Crippen molar-refractivity contribution in [2.24, 2.45) is 0 Å². The number of piperazine rings is 1. The summed E-state index contributed by atoms with van der Waals surface area (Å²) in [4.78, 5) is 29.0. The van der Waals surface area contributed by atoms with Gasteiger partial charge in [-0.25, -0.2) is 9.97 Å². The first kappa shape index (κ1) is 20.1. The highest BCUT2D eigenvalue weighted by Crippen LogP contribution is 2.22. The number of anilines is 2. The first-order valence-electron chi connectivity index (χ1n) is 10.7. The van der Waals surface area contributed by atoms with Gasteiger partial charge >= 0.3 is 0 Å². The van der Waals surface area contributed by atoms with Crippen LogP contribution in [-0.4, -0.2) is 61.2 Å². The van der Waals surface area contributed by atoms with Crippen molar-refractivity contribution < 1.29 is 4.79 Å². The predicted octanol–water partition coefficient (Wildman–Crippen LogP) is 3.20. The van der Waals surface area contributed by atoms with Crippen LogP contribution in [0.3, 0.4) is 0 Å². The molecule has 32 heavy (non-hydrogen) atoms. The van der Waals surface area contributed by atoms with E-state index in [0.29, 0.717) is 0 Å². The zero-order chi connectivity index (χ0) is 21.9. The Morgan fingerprint density at radius 3 is 2.53 bits per heavy atom. The second-order valence-corrected chi connectivity index (χ2v) is 8.00. The number of amides is 1. The molecule has 0 spiro atoms. The van der Waals surface area contributed by atoms with Crippen molar-refractivity contribution >= 4 is 23.2 Å². The number of hydrogen-bond donors (Lipinski definition) is 1. The van der Waals surface area contributed by atoms with Crippen molar-refractivity contribution in [2.75, 3.05) is 31.5 Å². The van der Waals surface area contributed by atoms with Gasteiger partial charge in [-0.1, -0.05) is 0 Å². The molecule has 5 heterocycles. The molecule has 4 aromatic rings. The molecule has 8 heteroatoms. The largest absolute Gasteiger partial charge is 0.340 e. The van der Waals surface area contributed by atoms with Crippen molar-refractivity contribution in [1.82, 2.24) is 29.2 Å². The average Bonchev–Trinajstić information content (AvgIpc) is 3.21. The molecule has 1 fully saturated rings. The van der Waals surface area contributed by atoms with E-state index in [0.717, 1.165) is 61.1 Å². The minimum Gasteiger partial charge on any atom is -0.340 e. The van der Waals surface area contributed by atoms with Crippen LogP contribution in [-0.2, 0) is 11.3 Å². The molecule has 1 aliphatic heterocycles. The number of hydrogen-bond acceptors (Lipinski definition) is 6. The Bertz CT molecular complexity index is 1230. The third kappa shape index (κ3) is 4.45. The molecule has 0 bridgehead atoms. The summed E-state index contributed by atoms with van der Waals surface area (Å²) in [6, 6.07) is 12.1. The Morgan fingerprint density at radius 1 is 0.938 bits per heavy atom. The molecule has 1 saturated heterocycles. The Balaban J connectivity index is 1.28. The van der Waals surface area contributed by atoms with E-state index in [9.17, 15) is 4.79 Å². The van der Waals surface area contributed by atoms with Crippen LogP contribution in [0.25, 0.3) is 16.8 Å². The molecule has 0 aliphatic carbocycles. The molecule has 0 saturated carbocycles. The smallest absolute Gasteiger partial charge is 0.219 e. The van der Waals surface area contributed by atoms with Crippen molar-refractivity contribution in [3.05, 3.63) is 72.9 Å². The Kier molecular flexibility index (Phi) is 5.51. The number of rotatable bonds is 5. The lowest BCUT2D eigenvalue weighted by Crippen LogP contribution is -2.47. The van der Waals surface area contributed by atoms with E-state index in [1.165, 1.54) is 5.56 Å². The Labute approximate surface area is 186 Å². The number of carbonyl (C=O) groups is 1. The van der Waals surface area contributed by atoms with Gasteiger partial charge in [0.2, 0.25) is 5.91 Å². The standard InChI is InChI=1S/C24H25N7O/c1-18(32)30-12-10-29(11-13-30)15-19-4-9-26-22(14-19)27-23-17-31-16-21(2-3-24(31)28-23)20-5-7-25-8-6-20/h2-9,14,16-17H,10-13,15H2,1H3,(H,26,27). The molecular formula is C24H25N7O. The molecule has 1 aliphatic rings. The Morgan fingerprint density at radius 2 is 1.75 bits per heavy atom. The summed E-state index contributed by atoms with van der Waals surface area (Å²) < 4.78 is 2.01. The van der Waals surface area contributed by atoms with Crippen LogP contribution in [0.4, 0.5) is 11.6 Å². The number of aromatic nitrogens is 4. The first-order chi connectivity index (χ1) is 15.6. The van der Waals surface area contributed by atoms with E-state index < -0.39 is 0 Å². The molecule has 0 unspecified atom stereocenters. The molecule has 4 aromatic heterocycles. The summed E-state index contributed by atoms with van der Waals surface area (Å²) >= 11 is 0. The van der Waals surface area contributed by atoms with Crippen molar-refractivity contribution in [3.63, 3.8) is 0 Å². The molecule has 0 radical (unpaired) electrons. The fourth-order valence-corrected chi connectivity index (χ4v) is 4.02. The van der Waals surface area contributed by atoms with Crippen LogP contribution >= 0.6 is 0 Å². The first-order valence-corrected chi connectivity index (χ1v) is 10.7. The van der Waals surface area contributed by atoms with Gasteiger partial charge in [0.05, 0.1) is 6.20 Å². The lowest BCUT2D eigenvalue weighted by Gasteiger charge is -2.34. The summed E-state index contributed by atoms with van der Waals surface area (Å²) in [6.07, 6.45) is 9.44. The minimum absolute atomic E-state index is 0.153. The molecule has 0 aromatic carbocycles. The van der Waals surface area contributed by atoms with Crippen LogP contribution in [0, 0.1) is 0 Å². The number of pyridine rings is 3. The van der Waals surface area contributed by atoms with Crippen LogP contribution in [0.2, 0.25) is 0 Å². The summed E-state index contributed by atoms with van der Waals surface area (Å²) in [6.45, 7) is 5.81. The van der Waals surface area contributed by atoms with Gasteiger partial charge in [-0.2, -0.15) is 0 Å². The van der Waals surface area contributed by atoms with E-state index >= 15 is 0 Å². The van der Waals surface area contributed by atoms with Crippen molar-refractivity contribution in [2.45, 2.75) is 13.5 Å². The van der Waals surface area contributed by atoms with E-state index in [1.54, 1.807) is 19.3 Å². The summed E-state index contributed by atoms with van der Waals surface area (Å²) in [7, 11) is 0. The fraction of sp³-hybridized carbons (Fsp3) is 0.250. The maximum absolute atomic E-state index is 11.5. The third-order valence-corrected chi connectivity index (χ3v) is 5.77. The second kappa shape index (κ2) is 8.76. The van der Waals surface area contributed by atoms with Gasteiger partial charge in [-0.05, 0) is 53.1 Å². The highest BCUT2D eigenvalue weighted by molar-refractivity contribution is 5.73. The van der Waals surface area contributed by atoms with Gasteiger partial charge < -0.3 is 14.6 Å². The third-order valence-electron chi connectivity index (χ3n) is 5.77. The van der Waals surface area contributed by atoms with Gasteiger partial charge in [-0.3, -0.25) is 14.7 Å². The number of nitrogens with one attached hydrogen (secondary N) is 1. The quantitative estimate of drug-likeness (QED) is 0.527. The van der Waals surface area contributed by atoms with Gasteiger partial charge in [0, 0.05) is 64.4 Å². The highest BCUT2D eigenvalue weighted by atomic mass is 16.2. The zero-order valence-corrected chi connectivity index (χ0v) is 18.0. The average molecular weight is 428 g/mol. The number of nitrogens with zero attached hydrogens (tertiary/aromatic N) is 6. The second-order valence-electron chi connectivity index (χ2n) is 8.00. The maximum Gasteiger partial charge on any atom is 0.219 e. The van der Waals surface area contributed by atoms with Gasteiger partial charge in [0.15, 0.2) is 5.82 Å². The lowest BCUT2D eigenvalue weighted by molar-refractivity contribution is -0.130. The summed E-state index contributed by atoms with van der Waals surface area (Å²) in [5.41, 5.74) is 4.27. The van der Waals surface area contributed by atoms with Crippen LogP contribution in [0.5, 0.6) is 0 Å². The minimum atomic E-state index is 0.153. The molecule has 8 nitrogen and oxygen atoms in total. The topological polar surface area (TPSA) is 78.7 Å². The normalized spacial score (nSPS) is 14.6. The molecule has 1 N–H and O–H groups in total. The maximum atomic E-state index is 11.5. The van der Waals surface area contributed by atoms with Crippen LogP contribution in [0.15, 0.2) is 67.4 Å². The van der Waals surface area contributed by atoms with Gasteiger partial charge in [0.25, 0.3) is 0 Å². The highest BCUT2D eigenvalue weighted by Gasteiger charge is 2.18. The summed E-state index contributed by atoms with van der Waals surface area (Å²) in [5, 5.41) is 3.33. The van der Waals surface area contributed by atoms with Crippen molar-refractivity contribution in [3.8, 4) is 11.1 Å². The number of fused-ring (bicyclic) bond motifs is 1. The zero-order valence-electron chi connectivity index (χ0n) is 18.0. The van der Waals surface area contributed by atoms with Crippen molar-refractivity contribution in [1.29, 1.82) is 0 Å². The number of imidazole rings is 1.